The average Bonchev–Trinajstić information content (AvgIpc) is 2.41. The number of esters is 1. The summed E-state index contributed by atoms with van der Waals surface area (Å²) < 4.78 is 5.31. The molecule has 4 saturated carbocycles. The lowest BCUT2D eigenvalue weighted by Crippen LogP contribution is -2.58. The van der Waals surface area contributed by atoms with Crippen molar-refractivity contribution >= 4 is 11.8 Å². The molecule has 0 amide bonds. The largest absolute Gasteiger partial charge is 0.457 e. The second-order valence-corrected chi connectivity index (χ2v) is 8.70. The quantitative estimate of drug-likeness (QED) is 0.793. The van der Waals surface area contributed by atoms with E-state index in [-0.39, 0.29) is 18.4 Å². The van der Waals surface area contributed by atoms with Crippen LogP contribution in [0.25, 0.3) is 0 Å². The summed E-state index contributed by atoms with van der Waals surface area (Å²) in [6.45, 7) is 5.50. The summed E-state index contributed by atoms with van der Waals surface area (Å²) >= 11 is 0. The second kappa shape index (κ2) is 5.05. The molecule has 4 nitrogen and oxygen atoms in total. The molecule has 0 heterocycles. The maximum atomic E-state index is 12.8. The molecule has 4 aliphatic rings. The lowest BCUT2D eigenvalue weighted by atomic mass is 9.47. The minimum atomic E-state index is -0.646. The van der Waals surface area contributed by atoms with Crippen LogP contribution in [0.15, 0.2) is 0 Å². The van der Waals surface area contributed by atoms with E-state index in [0.717, 1.165) is 32.1 Å². The Kier molecular flexibility index (Phi) is 3.67. The van der Waals surface area contributed by atoms with Crippen LogP contribution in [0.1, 0.15) is 65.7 Å². The molecule has 0 aromatic rings. The van der Waals surface area contributed by atoms with Crippen molar-refractivity contribution in [3.05, 3.63) is 0 Å². The molecule has 0 aromatic heterocycles. The summed E-state index contributed by atoms with van der Waals surface area (Å²) in [7, 11) is 0. The molecular formula is C18H28O4. The zero-order valence-electron chi connectivity index (χ0n) is 14.0. The Labute approximate surface area is 132 Å². The molecule has 0 aromatic carbocycles. The summed E-state index contributed by atoms with van der Waals surface area (Å²) in [5.41, 5.74) is -1.62. The predicted molar refractivity (Wildman–Crippen MR) is 82.1 cm³/mol. The van der Waals surface area contributed by atoms with E-state index >= 15 is 0 Å². The molecular weight excluding hydrogens is 280 g/mol. The molecule has 4 bridgehead atoms. The number of hydrogen-bond donors (Lipinski definition) is 1. The fourth-order valence-electron chi connectivity index (χ4n) is 5.16. The molecule has 4 fully saturated rings. The average molecular weight is 308 g/mol. The van der Waals surface area contributed by atoms with Crippen molar-refractivity contribution in [2.24, 2.45) is 22.7 Å². The maximum absolute atomic E-state index is 12.8. The van der Waals surface area contributed by atoms with Gasteiger partial charge in [0, 0.05) is 5.41 Å². The Morgan fingerprint density at radius 1 is 1.18 bits per heavy atom. The van der Waals surface area contributed by atoms with E-state index in [0.29, 0.717) is 24.7 Å². The van der Waals surface area contributed by atoms with Crippen LogP contribution >= 0.6 is 0 Å². The van der Waals surface area contributed by atoms with Gasteiger partial charge in [0.15, 0.2) is 12.4 Å². The first kappa shape index (κ1) is 16.0. The van der Waals surface area contributed by atoms with Gasteiger partial charge in [0.25, 0.3) is 0 Å². The van der Waals surface area contributed by atoms with Crippen LogP contribution in [-0.4, -0.2) is 29.1 Å². The van der Waals surface area contributed by atoms with Gasteiger partial charge in [-0.3, -0.25) is 9.59 Å². The summed E-state index contributed by atoms with van der Waals surface area (Å²) in [6, 6.07) is 0. The first-order valence-electron chi connectivity index (χ1n) is 8.61. The van der Waals surface area contributed by atoms with Gasteiger partial charge in [0.05, 0.1) is 11.0 Å². The number of Topliss-reactive ketones (excluding diaryl/α,β-unsaturated/α-hetero) is 1. The van der Waals surface area contributed by atoms with Crippen molar-refractivity contribution < 1.29 is 19.4 Å². The van der Waals surface area contributed by atoms with Crippen molar-refractivity contribution in [2.75, 3.05) is 6.61 Å². The van der Waals surface area contributed by atoms with Gasteiger partial charge in [-0.05, 0) is 70.6 Å². The van der Waals surface area contributed by atoms with Gasteiger partial charge in [0.1, 0.15) is 0 Å². The maximum Gasteiger partial charge on any atom is 0.311 e. The fourth-order valence-corrected chi connectivity index (χ4v) is 5.16. The van der Waals surface area contributed by atoms with Gasteiger partial charge in [-0.1, -0.05) is 6.92 Å². The van der Waals surface area contributed by atoms with Gasteiger partial charge in [-0.2, -0.15) is 0 Å². The Bertz CT molecular complexity index is 479. The van der Waals surface area contributed by atoms with E-state index in [1.54, 1.807) is 0 Å². The molecule has 2 atom stereocenters. The third-order valence-corrected chi connectivity index (χ3v) is 6.39. The normalized spacial score (nSPS) is 39.8. The number of ketones is 1. The van der Waals surface area contributed by atoms with E-state index in [1.165, 1.54) is 0 Å². The molecule has 4 rings (SSSR count). The van der Waals surface area contributed by atoms with E-state index in [2.05, 4.69) is 0 Å². The molecule has 4 aliphatic carbocycles. The van der Waals surface area contributed by atoms with Crippen LogP contribution in [0.4, 0.5) is 0 Å². The monoisotopic (exact) mass is 308 g/mol. The molecule has 0 aliphatic heterocycles. The van der Waals surface area contributed by atoms with Crippen LogP contribution < -0.4 is 0 Å². The van der Waals surface area contributed by atoms with E-state index in [4.69, 9.17) is 4.74 Å². The third-order valence-electron chi connectivity index (χ3n) is 6.39. The summed E-state index contributed by atoms with van der Waals surface area (Å²) in [5.74, 6) is 0.669. The van der Waals surface area contributed by atoms with Crippen molar-refractivity contribution in [2.45, 2.75) is 71.3 Å². The van der Waals surface area contributed by atoms with Crippen LogP contribution in [0.3, 0.4) is 0 Å². The SMILES string of the molecule is CCC(C)(C)C(=O)OCC(=O)C12CC3CC(CC(O)(C3)C1)C2. The highest BCUT2D eigenvalue weighted by Gasteiger charge is 2.59. The minimum Gasteiger partial charge on any atom is -0.457 e. The van der Waals surface area contributed by atoms with E-state index in [9.17, 15) is 14.7 Å². The number of carbonyl (C=O) groups is 2. The third kappa shape index (κ3) is 2.60. The molecule has 4 heteroatoms. The molecule has 0 radical (unpaired) electrons. The molecule has 1 N–H and O–H groups in total. The Hall–Kier alpha value is -0.900. The Balaban J connectivity index is 1.67. The zero-order chi connectivity index (χ0) is 16.2. The lowest BCUT2D eigenvalue weighted by molar-refractivity contribution is -0.182. The Morgan fingerprint density at radius 3 is 2.27 bits per heavy atom. The van der Waals surface area contributed by atoms with Gasteiger partial charge in [0.2, 0.25) is 0 Å². The number of carbonyl (C=O) groups excluding carboxylic acids is 2. The highest BCUT2D eigenvalue weighted by molar-refractivity contribution is 5.89. The zero-order valence-corrected chi connectivity index (χ0v) is 14.0. The topological polar surface area (TPSA) is 63.6 Å². The van der Waals surface area contributed by atoms with Crippen molar-refractivity contribution in [1.29, 1.82) is 0 Å². The van der Waals surface area contributed by atoms with Crippen LogP contribution in [0.5, 0.6) is 0 Å². The smallest absolute Gasteiger partial charge is 0.311 e. The Morgan fingerprint density at radius 2 is 1.77 bits per heavy atom. The van der Waals surface area contributed by atoms with E-state index in [1.807, 2.05) is 20.8 Å². The summed E-state index contributed by atoms with van der Waals surface area (Å²) in [4.78, 5) is 24.8. The van der Waals surface area contributed by atoms with Crippen LogP contribution in [0, 0.1) is 22.7 Å². The molecule has 22 heavy (non-hydrogen) atoms. The fraction of sp³-hybridized carbons (Fsp3) is 0.889. The highest BCUT2D eigenvalue weighted by atomic mass is 16.5. The predicted octanol–water partition coefficient (Wildman–Crippen LogP) is 2.87. The highest BCUT2D eigenvalue weighted by Crippen LogP contribution is 2.61. The van der Waals surface area contributed by atoms with E-state index < -0.39 is 16.4 Å². The molecule has 0 saturated heterocycles. The first-order valence-corrected chi connectivity index (χ1v) is 8.61. The van der Waals surface area contributed by atoms with Gasteiger partial charge in [-0.15, -0.1) is 0 Å². The number of aliphatic hydroxyl groups is 1. The van der Waals surface area contributed by atoms with Crippen molar-refractivity contribution in [1.82, 2.24) is 0 Å². The number of rotatable bonds is 5. The lowest BCUT2D eigenvalue weighted by Gasteiger charge is -2.59. The first-order chi connectivity index (χ1) is 10.2. The van der Waals surface area contributed by atoms with Crippen LogP contribution in [0.2, 0.25) is 0 Å². The second-order valence-electron chi connectivity index (χ2n) is 8.70. The molecule has 0 spiro atoms. The minimum absolute atomic E-state index is 0.0280. The van der Waals surface area contributed by atoms with Crippen LogP contribution in [-0.2, 0) is 14.3 Å². The summed E-state index contributed by atoms with van der Waals surface area (Å²) in [5, 5.41) is 10.7. The number of hydrogen-bond acceptors (Lipinski definition) is 4. The summed E-state index contributed by atoms with van der Waals surface area (Å²) in [6.07, 6.45) is 5.86. The standard InChI is InChI=1S/C18H28O4/c1-4-16(2,3)15(20)22-10-14(19)17-6-12-5-13(7-17)9-18(21,8-12)11-17/h12-13,21H,4-11H2,1-3H3. The number of ether oxygens (including phenoxy) is 1. The van der Waals surface area contributed by atoms with Gasteiger partial charge in [-0.25, -0.2) is 0 Å². The molecule has 2 unspecified atom stereocenters. The van der Waals surface area contributed by atoms with Gasteiger partial charge >= 0.3 is 5.97 Å². The van der Waals surface area contributed by atoms with Crippen molar-refractivity contribution in [3.63, 3.8) is 0 Å². The van der Waals surface area contributed by atoms with Crippen molar-refractivity contribution in [3.8, 4) is 0 Å². The molecule has 124 valence electrons. The van der Waals surface area contributed by atoms with Gasteiger partial charge < -0.3 is 9.84 Å².